The van der Waals surface area contributed by atoms with Gasteiger partial charge in [-0.2, -0.15) is 13.2 Å². The Hall–Kier alpha value is -2.63. The molecule has 1 aromatic heterocycles. The van der Waals surface area contributed by atoms with Gasteiger partial charge in [-0.1, -0.05) is 24.3 Å². The Morgan fingerprint density at radius 3 is 2.39 bits per heavy atom. The second-order valence-corrected chi connectivity index (χ2v) is 5.28. The van der Waals surface area contributed by atoms with E-state index in [1.165, 1.54) is 0 Å². The Morgan fingerprint density at radius 2 is 1.65 bits per heavy atom. The summed E-state index contributed by atoms with van der Waals surface area (Å²) in [7, 11) is 0. The zero-order chi connectivity index (χ0) is 16.6. The summed E-state index contributed by atoms with van der Waals surface area (Å²) >= 11 is 0. The first kappa shape index (κ1) is 15.3. The number of benzene rings is 2. The molecule has 0 unspecified atom stereocenters. The zero-order valence-electron chi connectivity index (χ0n) is 12.6. The maximum Gasteiger partial charge on any atom is 0.451 e. The Morgan fingerprint density at radius 1 is 0.913 bits per heavy atom. The Balaban J connectivity index is 2.17. The molecule has 0 aliphatic carbocycles. The summed E-state index contributed by atoms with van der Waals surface area (Å²) in [6.07, 6.45) is -4.60. The molecule has 0 aliphatic heterocycles. The van der Waals surface area contributed by atoms with E-state index in [0.717, 1.165) is 16.8 Å². The summed E-state index contributed by atoms with van der Waals surface area (Å²) in [6.45, 7) is 3.85. The van der Waals surface area contributed by atoms with Crippen molar-refractivity contribution in [3.05, 3.63) is 59.4 Å². The van der Waals surface area contributed by atoms with Gasteiger partial charge < -0.3 is 5.32 Å². The van der Waals surface area contributed by atoms with Crippen molar-refractivity contribution >= 4 is 22.4 Å². The summed E-state index contributed by atoms with van der Waals surface area (Å²) in [4.78, 5) is 7.30. The molecular formula is C17H14F3N3. The van der Waals surface area contributed by atoms with Gasteiger partial charge in [0.1, 0.15) is 5.82 Å². The van der Waals surface area contributed by atoms with Crippen molar-refractivity contribution in [2.75, 3.05) is 5.32 Å². The van der Waals surface area contributed by atoms with Gasteiger partial charge in [-0.05, 0) is 43.2 Å². The number of nitrogens with zero attached hydrogens (tertiary/aromatic N) is 2. The minimum Gasteiger partial charge on any atom is -0.339 e. The maximum absolute atomic E-state index is 13.0. The van der Waals surface area contributed by atoms with Crippen LogP contribution in [0.15, 0.2) is 42.5 Å². The number of hydrogen-bond donors (Lipinski definition) is 1. The predicted molar refractivity (Wildman–Crippen MR) is 83.7 cm³/mol. The highest BCUT2D eigenvalue weighted by atomic mass is 19.4. The first-order chi connectivity index (χ1) is 10.9. The highest BCUT2D eigenvalue weighted by Gasteiger charge is 2.35. The largest absolute Gasteiger partial charge is 0.451 e. The van der Waals surface area contributed by atoms with Crippen LogP contribution >= 0.6 is 0 Å². The third-order valence-electron chi connectivity index (χ3n) is 3.71. The lowest BCUT2D eigenvalue weighted by molar-refractivity contribution is -0.144. The van der Waals surface area contributed by atoms with Crippen molar-refractivity contribution in [2.45, 2.75) is 20.0 Å². The van der Waals surface area contributed by atoms with Gasteiger partial charge in [0.2, 0.25) is 5.82 Å². The number of anilines is 2. The number of aromatic nitrogens is 2. The van der Waals surface area contributed by atoms with Crippen molar-refractivity contribution in [3.8, 4) is 0 Å². The van der Waals surface area contributed by atoms with Gasteiger partial charge in [0.25, 0.3) is 0 Å². The van der Waals surface area contributed by atoms with Crippen LogP contribution in [0.4, 0.5) is 24.7 Å². The van der Waals surface area contributed by atoms with Crippen LogP contribution in [0.2, 0.25) is 0 Å². The first-order valence-corrected chi connectivity index (χ1v) is 7.03. The molecule has 0 bridgehead atoms. The lowest BCUT2D eigenvalue weighted by Gasteiger charge is -2.14. The van der Waals surface area contributed by atoms with Crippen LogP contribution in [-0.4, -0.2) is 9.97 Å². The molecule has 0 radical (unpaired) electrons. The van der Waals surface area contributed by atoms with Crippen molar-refractivity contribution in [1.29, 1.82) is 0 Å². The molecule has 0 amide bonds. The van der Waals surface area contributed by atoms with Crippen LogP contribution in [0.3, 0.4) is 0 Å². The van der Waals surface area contributed by atoms with E-state index in [2.05, 4.69) is 15.3 Å². The number of alkyl halides is 3. The minimum atomic E-state index is -4.60. The maximum atomic E-state index is 13.0. The number of hydrogen-bond acceptors (Lipinski definition) is 3. The van der Waals surface area contributed by atoms with Crippen LogP contribution in [-0.2, 0) is 6.18 Å². The summed E-state index contributed by atoms with van der Waals surface area (Å²) in [6, 6.07) is 12.2. The van der Waals surface area contributed by atoms with Crippen molar-refractivity contribution in [3.63, 3.8) is 0 Å². The molecule has 0 aliphatic rings. The highest BCUT2D eigenvalue weighted by molar-refractivity contribution is 5.91. The highest BCUT2D eigenvalue weighted by Crippen LogP contribution is 2.32. The molecule has 0 fully saturated rings. The molecule has 3 rings (SSSR count). The fourth-order valence-corrected chi connectivity index (χ4v) is 2.31. The van der Waals surface area contributed by atoms with Crippen LogP contribution in [0.25, 0.3) is 10.9 Å². The van der Waals surface area contributed by atoms with Crippen LogP contribution in [0, 0.1) is 13.8 Å². The van der Waals surface area contributed by atoms with E-state index in [-0.39, 0.29) is 11.3 Å². The Labute approximate surface area is 131 Å². The van der Waals surface area contributed by atoms with Crippen molar-refractivity contribution < 1.29 is 13.2 Å². The van der Waals surface area contributed by atoms with E-state index in [4.69, 9.17) is 0 Å². The summed E-state index contributed by atoms with van der Waals surface area (Å²) in [5, 5.41) is 3.56. The van der Waals surface area contributed by atoms with Crippen LogP contribution in [0.1, 0.15) is 17.0 Å². The van der Waals surface area contributed by atoms with Gasteiger partial charge in [0.15, 0.2) is 0 Å². The molecule has 1 heterocycles. The van der Waals surface area contributed by atoms with Gasteiger partial charge in [-0.3, -0.25) is 0 Å². The molecule has 0 spiro atoms. The van der Waals surface area contributed by atoms with Gasteiger partial charge in [-0.25, -0.2) is 9.97 Å². The average Bonchev–Trinajstić information content (AvgIpc) is 2.51. The van der Waals surface area contributed by atoms with Crippen LogP contribution < -0.4 is 5.32 Å². The zero-order valence-corrected chi connectivity index (χ0v) is 12.6. The summed E-state index contributed by atoms with van der Waals surface area (Å²) < 4.78 is 39.1. The normalized spacial score (nSPS) is 11.7. The third kappa shape index (κ3) is 2.97. The molecule has 0 atom stereocenters. The summed E-state index contributed by atoms with van der Waals surface area (Å²) in [5.41, 5.74) is 2.98. The second-order valence-electron chi connectivity index (χ2n) is 5.28. The van der Waals surface area contributed by atoms with Gasteiger partial charge in [0, 0.05) is 11.1 Å². The molecule has 23 heavy (non-hydrogen) atoms. The molecule has 0 saturated heterocycles. The first-order valence-electron chi connectivity index (χ1n) is 7.03. The second kappa shape index (κ2) is 5.53. The van der Waals surface area contributed by atoms with E-state index in [0.29, 0.717) is 5.39 Å². The standard InChI is InChI=1S/C17H14F3N3/c1-10-6-5-9-13(11(10)2)21-15-12-7-3-4-8-14(12)22-16(23-15)17(18,19)20/h3-9H,1-2H3,(H,21,22,23). The van der Waals surface area contributed by atoms with Gasteiger partial charge in [-0.15, -0.1) is 0 Å². The molecule has 1 N–H and O–H groups in total. The monoisotopic (exact) mass is 317 g/mol. The number of rotatable bonds is 2. The third-order valence-corrected chi connectivity index (χ3v) is 3.71. The number of fused-ring (bicyclic) bond motifs is 1. The molecule has 2 aromatic carbocycles. The lowest BCUT2D eigenvalue weighted by atomic mass is 10.1. The number of para-hydroxylation sites is 1. The SMILES string of the molecule is Cc1cccc(Nc2nc(C(F)(F)F)nc3ccccc23)c1C. The van der Waals surface area contributed by atoms with E-state index in [9.17, 15) is 13.2 Å². The molecule has 3 aromatic rings. The lowest BCUT2D eigenvalue weighted by Crippen LogP contribution is -2.13. The van der Waals surface area contributed by atoms with Crippen molar-refractivity contribution in [2.24, 2.45) is 0 Å². The van der Waals surface area contributed by atoms with Gasteiger partial charge in [0.05, 0.1) is 5.52 Å². The molecule has 3 nitrogen and oxygen atoms in total. The Bertz CT molecular complexity index is 873. The molecule has 6 heteroatoms. The number of nitrogens with one attached hydrogen (secondary N) is 1. The number of halogens is 3. The molecular weight excluding hydrogens is 303 g/mol. The topological polar surface area (TPSA) is 37.8 Å². The van der Waals surface area contributed by atoms with E-state index in [1.54, 1.807) is 24.3 Å². The van der Waals surface area contributed by atoms with E-state index in [1.807, 2.05) is 32.0 Å². The summed E-state index contributed by atoms with van der Waals surface area (Å²) in [5.74, 6) is -0.999. The van der Waals surface area contributed by atoms with Crippen molar-refractivity contribution in [1.82, 2.24) is 9.97 Å². The molecule has 118 valence electrons. The fraction of sp³-hybridized carbons (Fsp3) is 0.176. The minimum absolute atomic E-state index is 0.150. The average molecular weight is 317 g/mol. The number of aryl methyl sites for hydroxylation is 1. The van der Waals surface area contributed by atoms with E-state index >= 15 is 0 Å². The van der Waals surface area contributed by atoms with Crippen LogP contribution in [0.5, 0.6) is 0 Å². The van der Waals surface area contributed by atoms with E-state index < -0.39 is 12.0 Å². The predicted octanol–water partition coefficient (Wildman–Crippen LogP) is 5.01. The molecule has 0 saturated carbocycles. The fourth-order valence-electron chi connectivity index (χ4n) is 2.31. The Kier molecular flexibility index (Phi) is 3.67. The van der Waals surface area contributed by atoms with Gasteiger partial charge >= 0.3 is 6.18 Å². The quantitative estimate of drug-likeness (QED) is 0.722. The smallest absolute Gasteiger partial charge is 0.339 e.